The first-order chi connectivity index (χ1) is 11.4. The summed E-state index contributed by atoms with van der Waals surface area (Å²) >= 11 is 0. The van der Waals surface area contributed by atoms with Crippen LogP contribution in [0.3, 0.4) is 0 Å². The summed E-state index contributed by atoms with van der Waals surface area (Å²) in [6.07, 6.45) is 5.18. The van der Waals surface area contributed by atoms with Gasteiger partial charge in [0.15, 0.2) is 0 Å². The van der Waals surface area contributed by atoms with E-state index in [1.54, 1.807) is 25.2 Å². The van der Waals surface area contributed by atoms with Crippen molar-refractivity contribution in [3.05, 3.63) is 41.5 Å². The van der Waals surface area contributed by atoms with Gasteiger partial charge in [-0.2, -0.15) is 0 Å². The zero-order chi connectivity index (χ0) is 17.7. The minimum absolute atomic E-state index is 0.0162. The van der Waals surface area contributed by atoms with Gasteiger partial charge in [0.2, 0.25) is 0 Å². The van der Waals surface area contributed by atoms with Crippen molar-refractivity contribution < 1.29 is 30.0 Å². The van der Waals surface area contributed by atoms with Crippen LogP contribution in [0, 0.1) is 0 Å². The molecule has 6 heteroatoms. The standard InChI is InChI=1S/C18H22O6/c1-11-5-4-8-15(21)14(20)7-3-2-6-12-9-13(19)10-16(22)17(12)18(23)24-11/h2,4,6,8-11,14-15,19-22H,3,5,7H2,1H3/b6-2+,8-4-. The third-order valence-electron chi connectivity index (χ3n) is 3.77. The molecule has 0 fully saturated rings. The first-order valence-corrected chi connectivity index (χ1v) is 7.84. The maximum Gasteiger partial charge on any atom is 0.342 e. The average Bonchev–Trinajstić information content (AvgIpc) is 2.49. The van der Waals surface area contributed by atoms with Crippen molar-refractivity contribution in [3.63, 3.8) is 0 Å². The van der Waals surface area contributed by atoms with Gasteiger partial charge in [-0.15, -0.1) is 0 Å². The second kappa shape index (κ2) is 7.99. The van der Waals surface area contributed by atoms with E-state index in [0.29, 0.717) is 24.8 Å². The Balaban J connectivity index is 2.36. The molecule has 2 rings (SSSR count). The molecule has 0 spiro atoms. The van der Waals surface area contributed by atoms with E-state index in [1.165, 1.54) is 12.1 Å². The van der Waals surface area contributed by atoms with E-state index >= 15 is 0 Å². The number of ether oxygens (including phenoxy) is 1. The highest BCUT2D eigenvalue weighted by Gasteiger charge is 2.20. The molecule has 1 aromatic carbocycles. The van der Waals surface area contributed by atoms with E-state index in [2.05, 4.69) is 0 Å². The lowest BCUT2D eigenvalue weighted by molar-refractivity contribution is 0.0337. The number of cyclic esters (lactones) is 1. The molecule has 1 aliphatic rings. The molecule has 0 aromatic heterocycles. The van der Waals surface area contributed by atoms with Gasteiger partial charge in [0.1, 0.15) is 23.2 Å². The van der Waals surface area contributed by atoms with Crippen molar-refractivity contribution >= 4 is 12.0 Å². The maximum absolute atomic E-state index is 12.3. The minimum atomic E-state index is -0.982. The summed E-state index contributed by atoms with van der Waals surface area (Å²) in [4.78, 5) is 12.3. The largest absolute Gasteiger partial charge is 0.508 e. The summed E-state index contributed by atoms with van der Waals surface area (Å²) in [6, 6.07) is 2.44. The molecule has 0 saturated carbocycles. The monoisotopic (exact) mass is 334 g/mol. The molecule has 0 saturated heterocycles. The highest BCUT2D eigenvalue weighted by Crippen LogP contribution is 2.29. The summed E-state index contributed by atoms with van der Waals surface area (Å²) in [5.41, 5.74) is 0.310. The smallest absolute Gasteiger partial charge is 0.342 e. The number of allylic oxidation sites excluding steroid dienone is 1. The van der Waals surface area contributed by atoms with Gasteiger partial charge in [-0.1, -0.05) is 24.3 Å². The van der Waals surface area contributed by atoms with Gasteiger partial charge in [0, 0.05) is 12.5 Å². The summed E-state index contributed by atoms with van der Waals surface area (Å²) in [5.74, 6) is -1.22. The lowest BCUT2D eigenvalue weighted by atomic mass is 10.0. The van der Waals surface area contributed by atoms with Crippen LogP contribution in [-0.2, 0) is 4.74 Å². The number of phenols is 2. The van der Waals surface area contributed by atoms with Crippen LogP contribution in [-0.4, -0.2) is 44.7 Å². The van der Waals surface area contributed by atoms with Crippen LogP contribution < -0.4 is 0 Å². The Labute approximate surface area is 140 Å². The predicted octanol–water partition coefficient (Wildman–Crippen LogP) is 2.12. The van der Waals surface area contributed by atoms with Crippen molar-refractivity contribution in [1.82, 2.24) is 0 Å². The Hall–Kier alpha value is -2.31. The van der Waals surface area contributed by atoms with E-state index in [-0.39, 0.29) is 17.1 Å². The molecule has 3 unspecified atom stereocenters. The zero-order valence-corrected chi connectivity index (χ0v) is 13.4. The highest BCUT2D eigenvalue weighted by atomic mass is 16.5. The van der Waals surface area contributed by atoms with Crippen LogP contribution >= 0.6 is 0 Å². The number of carbonyl (C=O) groups excluding carboxylic acids is 1. The number of carbonyl (C=O) groups is 1. The van der Waals surface area contributed by atoms with Gasteiger partial charge < -0.3 is 25.2 Å². The highest BCUT2D eigenvalue weighted by molar-refractivity contribution is 5.97. The van der Waals surface area contributed by atoms with Gasteiger partial charge in [0.25, 0.3) is 0 Å². The molecule has 1 aliphatic heterocycles. The molecule has 6 nitrogen and oxygen atoms in total. The molecule has 24 heavy (non-hydrogen) atoms. The Bertz CT molecular complexity index is 649. The van der Waals surface area contributed by atoms with Crippen LogP contribution in [0.1, 0.15) is 42.1 Å². The first kappa shape index (κ1) is 18.0. The Morgan fingerprint density at radius 2 is 1.92 bits per heavy atom. The minimum Gasteiger partial charge on any atom is -0.508 e. The third-order valence-corrected chi connectivity index (χ3v) is 3.77. The third kappa shape index (κ3) is 4.59. The summed E-state index contributed by atoms with van der Waals surface area (Å²) < 4.78 is 5.29. The van der Waals surface area contributed by atoms with Gasteiger partial charge in [-0.3, -0.25) is 0 Å². The number of aromatic hydroxyl groups is 2. The molecule has 4 N–H and O–H groups in total. The van der Waals surface area contributed by atoms with Crippen molar-refractivity contribution in [1.29, 1.82) is 0 Å². The van der Waals surface area contributed by atoms with E-state index in [1.807, 2.05) is 0 Å². The number of esters is 1. The quantitative estimate of drug-likeness (QED) is 0.428. The number of aliphatic hydroxyl groups excluding tert-OH is 2. The van der Waals surface area contributed by atoms with Crippen molar-refractivity contribution in [2.45, 2.75) is 44.5 Å². The lowest BCUT2D eigenvalue weighted by Gasteiger charge is -2.16. The van der Waals surface area contributed by atoms with Crippen LogP contribution in [0.4, 0.5) is 0 Å². The fraction of sp³-hybridized carbons (Fsp3) is 0.389. The Kier molecular flexibility index (Phi) is 6.00. The number of fused-ring (bicyclic) bond motifs is 1. The normalized spacial score (nSPS) is 28.3. The lowest BCUT2D eigenvalue weighted by Crippen LogP contribution is -2.23. The van der Waals surface area contributed by atoms with Crippen LogP contribution in [0.5, 0.6) is 11.5 Å². The number of aliphatic hydroxyl groups is 2. The number of rotatable bonds is 0. The summed E-state index contributed by atoms with van der Waals surface area (Å²) in [5, 5.41) is 39.3. The number of phenolic OH excluding ortho intramolecular Hbond substituents is 2. The van der Waals surface area contributed by atoms with Crippen molar-refractivity contribution in [3.8, 4) is 11.5 Å². The molecule has 0 bridgehead atoms. The number of benzene rings is 1. The van der Waals surface area contributed by atoms with Gasteiger partial charge in [-0.25, -0.2) is 4.79 Å². The average molecular weight is 334 g/mol. The molecule has 0 radical (unpaired) electrons. The molecule has 3 atom stereocenters. The topological polar surface area (TPSA) is 107 Å². The molecular weight excluding hydrogens is 312 g/mol. The first-order valence-electron chi connectivity index (χ1n) is 7.84. The summed E-state index contributed by atoms with van der Waals surface area (Å²) in [6.45, 7) is 1.68. The Morgan fingerprint density at radius 3 is 2.67 bits per heavy atom. The molecular formula is C18H22O6. The van der Waals surface area contributed by atoms with Gasteiger partial charge in [0.05, 0.1) is 12.2 Å². The van der Waals surface area contributed by atoms with E-state index in [4.69, 9.17) is 4.74 Å². The second-order valence-electron chi connectivity index (χ2n) is 5.85. The van der Waals surface area contributed by atoms with Crippen molar-refractivity contribution in [2.75, 3.05) is 0 Å². The predicted molar refractivity (Wildman–Crippen MR) is 88.7 cm³/mol. The molecule has 1 heterocycles. The molecule has 0 amide bonds. The number of hydrogen-bond donors (Lipinski definition) is 4. The van der Waals surface area contributed by atoms with Crippen LogP contribution in [0.2, 0.25) is 0 Å². The van der Waals surface area contributed by atoms with Crippen LogP contribution in [0.25, 0.3) is 6.08 Å². The Morgan fingerprint density at radius 1 is 1.17 bits per heavy atom. The summed E-state index contributed by atoms with van der Waals surface area (Å²) in [7, 11) is 0. The maximum atomic E-state index is 12.3. The van der Waals surface area contributed by atoms with Gasteiger partial charge >= 0.3 is 5.97 Å². The van der Waals surface area contributed by atoms with Gasteiger partial charge in [-0.05, 0) is 31.4 Å². The van der Waals surface area contributed by atoms with Crippen LogP contribution in [0.15, 0.2) is 30.4 Å². The zero-order valence-electron chi connectivity index (χ0n) is 13.4. The SMILES string of the molecule is CC1C/C=C\C(O)C(O)CC/C=C/c2cc(O)cc(O)c2C(=O)O1. The second-order valence-corrected chi connectivity index (χ2v) is 5.85. The van der Waals surface area contributed by atoms with E-state index < -0.39 is 24.3 Å². The molecule has 1 aromatic rings. The fourth-order valence-electron chi connectivity index (χ4n) is 2.46. The number of hydrogen-bond acceptors (Lipinski definition) is 6. The van der Waals surface area contributed by atoms with Crippen molar-refractivity contribution in [2.24, 2.45) is 0 Å². The molecule has 130 valence electrons. The fourth-order valence-corrected chi connectivity index (χ4v) is 2.46. The van der Waals surface area contributed by atoms with E-state index in [0.717, 1.165) is 6.07 Å². The van der Waals surface area contributed by atoms with E-state index in [9.17, 15) is 25.2 Å². The molecule has 0 aliphatic carbocycles.